The molecule has 0 radical (unpaired) electrons. The number of para-hydroxylation sites is 2. The monoisotopic (exact) mass is 383 g/mol. The molecule has 6 nitrogen and oxygen atoms in total. The summed E-state index contributed by atoms with van der Waals surface area (Å²) < 4.78 is 12.7. The number of hydrogen-bond acceptors (Lipinski definition) is 5. The van der Waals surface area contributed by atoms with Crippen LogP contribution < -0.4 is 4.74 Å². The number of aromatic nitrogens is 2. The van der Waals surface area contributed by atoms with E-state index in [4.69, 9.17) is 14.5 Å². The molecule has 1 aliphatic rings. The molecule has 0 spiro atoms. The van der Waals surface area contributed by atoms with Crippen LogP contribution in [0.4, 0.5) is 0 Å². The number of carbonyl (C=O) groups excluding carboxylic acids is 1. The lowest BCUT2D eigenvalue weighted by Crippen LogP contribution is -2.41. The van der Waals surface area contributed by atoms with Gasteiger partial charge in [-0.2, -0.15) is 0 Å². The Morgan fingerprint density at radius 3 is 2.63 bits per heavy atom. The fourth-order valence-electron chi connectivity index (χ4n) is 3.11. The molecule has 1 fully saturated rings. The van der Waals surface area contributed by atoms with E-state index in [0.29, 0.717) is 32.1 Å². The van der Waals surface area contributed by atoms with E-state index in [1.807, 2.05) is 53.4 Å². The third-order valence-electron chi connectivity index (χ3n) is 4.55. The first-order chi connectivity index (χ1) is 13.3. The third-order valence-corrected chi connectivity index (χ3v) is 5.47. The normalized spacial score (nSPS) is 14.5. The van der Waals surface area contributed by atoms with Crippen LogP contribution >= 0.6 is 11.8 Å². The summed E-state index contributed by atoms with van der Waals surface area (Å²) in [5, 5.41) is 0.808. The standard InChI is InChI=1S/C20H21N3O3S/c1-25-16-8-6-15(7-9-16)23-18-5-3-2-4-17(18)21-20(23)27-14-19(24)22-10-12-26-13-11-22/h2-9H,10-14H2,1H3. The van der Waals surface area contributed by atoms with Crippen LogP contribution in [0.3, 0.4) is 0 Å². The van der Waals surface area contributed by atoms with Gasteiger partial charge in [-0.1, -0.05) is 23.9 Å². The predicted molar refractivity (Wildman–Crippen MR) is 106 cm³/mol. The Labute approximate surface area is 162 Å². The van der Waals surface area contributed by atoms with Gasteiger partial charge in [0.15, 0.2) is 5.16 Å². The van der Waals surface area contributed by atoms with Gasteiger partial charge in [0.05, 0.1) is 37.1 Å². The molecule has 2 heterocycles. The SMILES string of the molecule is COc1ccc(-n2c(SCC(=O)N3CCOCC3)nc3ccccc32)cc1. The minimum absolute atomic E-state index is 0.122. The zero-order valence-corrected chi connectivity index (χ0v) is 15.9. The molecule has 0 N–H and O–H groups in total. The highest BCUT2D eigenvalue weighted by Gasteiger charge is 2.19. The fourth-order valence-corrected chi connectivity index (χ4v) is 4.04. The molecule has 0 saturated carbocycles. The maximum absolute atomic E-state index is 12.5. The fraction of sp³-hybridized carbons (Fsp3) is 0.300. The summed E-state index contributed by atoms with van der Waals surface area (Å²) in [6.07, 6.45) is 0. The first kappa shape index (κ1) is 17.9. The Hall–Kier alpha value is -2.51. The molecular weight excluding hydrogens is 362 g/mol. The number of morpholine rings is 1. The van der Waals surface area contributed by atoms with Gasteiger partial charge in [-0.05, 0) is 36.4 Å². The van der Waals surface area contributed by atoms with Gasteiger partial charge in [0.25, 0.3) is 0 Å². The summed E-state index contributed by atoms with van der Waals surface area (Å²) >= 11 is 1.47. The Balaban J connectivity index is 1.62. The molecule has 0 unspecified atom stereocenters. The topological polar surface area (TPSA) is 56.6 Å². The van der Waals surface area contributed by atoms with Crippen molar-refractivity contribution in [1.82, 2.24) is 14.5 Å². The second-order valence-corrected chi connectivity index (χ2v) is 7.14. The van der Waals surface area contributed by atoms with Crippen molar-refractivity contribution in [3.63, 3.8) is 0 Å². The molecule has 27 heavy (non-hydrogen) atoms. The molecule has 1 saturated heterocycles. The number of nitrogens with zero attached hydrogens (tertiary/aromatic N) is 3. The molecule has 7 heteroatoms. The van der Waals surface area contributed by atoms with Crippen LogP contribution in [0.1, 0.15) is 0 Å². The second kappa shape index (κ2) is 8.02. The smallest absolute Gasteiger partial charge is 0.233 e. The summed E-state index contributed by atoms with van der Waals surface area (Å²) in [5.74, 6) is 1.29. The number of methoxy groups -OCH3 is 1. The zero-order chi connectivity index (χ0) is 18.6. The highest BCUT2D eigenvalue weighted by atomic mass is 32.2. The molecule has 0 atom stereocenters. The summed E-state index contributed by atoms with van der Waals surface area (Å²) in [6.45, 7) is 2.55. The maximum atomic E-state index is 12.5. The van der Waals surface area contributed by atoms with Gasteiger partial charge in [-0.3, -0.25) is 9.36 Å². The number of imidazole rings is 1. The van der Waals surface area contributed by atoms with Crippen LogP contribution in [0, 0.1) is 0 Å². The number of fused-ring (bicyclic) bond motifs is 1. The quantitative estimate of drug-likeness (QED) is 0.634. The number of benzene rings is 2. The lowest BCUT2D eigenvalue weighted by atomic mass is 10.2. The molecule has 1 aromatic heterocycles. The van der Waals surface area contributed by atoms with Gasteiger partial charge in [-0.15, -0.1) is 0 Å². The van der Waals surface area contributed by atoms with Gasteiger partial charge in [0, 0.05) is 18.8 Å². The van der Waals surface area contributed by atoms with Crippen LogP contribution in [0.15, 0.2) is 53.7 Å². The summed E-state index contributed by atoms with van der Waals surface area (Å²) in [7, 11) is 1.65. The Bertz CT molecular complexity index is 933. The van der Waals surface area contributed by atoms with Crippen LogP contribution in [-0.4, -0.2) is 59.5 Å². The first-order valence-corrected chi connectivity index (χ1v) is 9.85. The number of hydrogen-bond donors (Lipinski definition) is 0. The largest absolute Gasteiger partial charge is 0.497 e. The Kier molecular flexibility index (Phi) is 5.31. The van der Waals surface area contributed by atoms with Crippen molar-refractivity contribution in [2.75, 3.05) is 39.2 Å². The number of rotatable bonds is 5. The molecule has 0 aliphatic carbocycles. The first-order valence-electron chi connectivity index (χ1n) is 8.86. The second-order valence-electron chi connectivity index (χ2n) is 6.20. The Morgan fingerprint density at radius 1 is 1.15 bits per heavy atom. The Morgan fingerprint density at radius 2 is 1.89 bits per heavy atom. The average Bonchev–Trinajstić information content (AvgIpc) is 3.11. The van der Waals surface area contributed by atoms with E-state index in [1.54, 1.807) is 7.11 Å². The maximum Gasteiger partial charge on any atom is 0.233 e. The van der Waals surface area contributed by atoms with Crippen molar-refractivity contribution in [3.05, 3.63) is 48.5 Å². The molecule has 4 rings (SSSR count). The summed E-state index contributed by atoms with van der Waals surface area (Å²) in [4.78, 5) is 19.1. The van der Waals surface area contributed by atoms with Crippen LogP contribution in [0.25, 0.3) is 16.7 Å². The van der Waals surface area contributed by atoms with Crippen molar-refractivity contribution in [3.8, 4) is 11.4 Å². The lowest BCUT2D eigenvalue weighted by molar-refractivity contribution is -0.132. The van der Waals surface area contributed by atoms with Gasteiger partial charge in [0.1, 0.15) is 5.75 Å². The van der Waals surface area contributed by atoms with E-state index in [-0.39, 0.29) is 5.91 Å². The van der Waals surface area contributed by atoms with Gasteiger partial charge < -0.3 is 14.4 Å². The minimum Gasteiger partial charge on any atom is -0.497 e. The van der Waals surface area contributed by atoms with Crippen LogP contribution in [0.2, 0.25) is 0 Å². The number of carbonyl (C=O) groups is 1. The summed E-state index contributed by atoms with van der Waals surface area (Å²) in [6, 6.07) is 15.9. The highest BCUT2D eigenvalue weighted by molar-refractivity contribution is 7.99. The van der Waals surface area contributed by atoms with Crippen molar-refractivity contribution < 1.29 is 14.3 Å². The van der Waals surface area contributed by atoms with E-state index in [2.05, 4.69) is 4.57 Å². The van der Waals surface area contributed by atoms with Crippen molar-refractivity contribution >= 4 is 28.7 Å². The average molecular weight is 383 g/mol. The van der Waals surface area contributed by atoms with Crippen LogP contribution in [0.5, 0.6) is 5.75 Å². The van der Waals surface area contributed by atoms with E-state index >= 15 is 0 Å². The van der Waals surface area contributed by atoms with E-state index in [9.17, 15) is 4.79 Å². The van der Waals surface area contributed by atoms with Crippen molar-refractivity contribution in [2.45, 2.75) is 5.16 Å². The zero-order valence-electron chi connectivity index (χ0n) is 15.1. The lowest BCUT2D eigenvalue weighted by Gasteiger charge is -2.26. The molecule has 2 aromatic carbocycles. The van der Waals surface area contributed by atoms with Crippen molar-refractivity contribution in [2.24, 2.45) is 0 Å². The summed E-state index contributed by atoms with van der Waals surface area (Å²) in [5.41, 5.74) is 2.92. The van der Waals surface area contributed by atoms with E-state index in [1.165, 1.54) is 11.8 Å². The molecule has 0 bridgehead atoms. The highest BCUT2D eigenvalue weighted by Crippen LogP contribution is 2.29. The predicted octanol–water partition coefficient (Wildman–Crippen LogP) is 2.99. The minimum atomic E-state index is 0.122. The molecule has 1 amide bonds. The van der Waals surface area contributed by atoms with E-state index < -0.39 is 0 Å². The number of amides is 1. The molecule has 3 aromatic rings. The number of ether oxygens (including phenoxy) is 2. The molecule has 1 aliphatic heterocycles. The van der Waals surface area contributed by atoms with Gasteiger partial charge in [-0.25, -0.2) is 4.98 Å². The van der Waals surface area contributed by atoms with Crippen LogP contribution in [-0.2, 0) is 9.53 Å². The molecule has 140 valence electrons. The number of thioether (sulfide) groups is 1. The van der Waals surface area contributed by atoms with Gasteiger partial charge in [0.2, 0.25) is 5.91 Å². The van der Waals surface area contributed by atoms with Gasteiger partial charge >= 0.3 is 0 Å². The molecular formula is C20H21N3O3S. The van der Waals surface area contributed by atoms with E-state index in [0.717, 1.165) is 27.6 Å². The third kappa shape index (κ3) is 3.79. The van der Waals surface area contributed by atoms with Crippen molar-refractivity contribution in [1.29, 1.82) is 0 Å².